The minimum absolute atomic E-state index is 0.0854. The molecule has 9 nitrogen and oxygen atoms in total. The van der Waals surface area contributed by atoms with E-state index in [-0.39, 0.29) is 17.9 Å². The van der Waals surface area contributed by atoms with Crippen molar-refractivity contribution in [3.8, 4) is 0 Å². The van der Waals surface area contributed by atoms with Crippen LogP contribution in [0, 0.1) is 0 Å². The fourth-order valence-electron chi connectivity index (χ4n) is 3.93. The smallest absolute Gasteiger partial charge is 0.251 e. The Balaban J connectivity index is 1.43. The molecular weight excluding hydrogens is 372 g/mol. The molecule has 4 rings (SSSR count). The highest BCUT2D eigenvalue weighted by atomic mass is 16.3. The normalized spacial score (nSPS) is 21.6. The van der Waals surface area contributed by atoms with Crippen molar-refractivity contribution in [3.63, 3.8) is 0 Å². The minimum atomic E-state index is -0.502. The lowest BCUT2D eigenvalue weighted by Crippen LogP contribution is -2.40. The Hall–Kier alpha value is -3.20. The summed E-state index contributed by atoms with van der Waals surface area (Å²) in [5.41, 5.74) is 6.99. The zero-order valence-electron chi connectivity index (χ0n) is 16.0. The van der Waals surface area contributed by atoms with Crippen molar-refractivity contribution in [1.82, 2.24) is 15.3 Å². The molecule has 152 valence electrons. The quantitative estimate of drug-likeness (QED) is 0.674. The molecule has 0 radical (unpaired) electrons. The van der Waals surface area contributed by atoms with Gasteiger partial charge in [-0.2, -0.15) is 0 Å². The molecule has 1 aromatic heterocycles. The maximum Gasteiger partial charge on any atom is 0.251 e. The number of β-amino-alcohol motifs (C(OH)–C–C–N with tert-alkyl or cyclic N) is 1. The Morgan fingerprint density at radius 1 is 1.31 bits per heavy atom. The molecule has 29 heavy (non-hydrogen) atoms. The number of nitrogen functional groups attached to an aromatic ring is 1. The molecule has 4 N–H and O–H groups in total. The first-order valence-corrected chi connectivity index (χ1v) is 9.72. The summed E-state index contributed by atoms with van der Waals surface area (Å²) < 4.78 is 0. The Bertz CT molecular complexity index is 921. The van der Waals surface area contributed by atoms with Crippen molar-refractivity contribution in [2.75, 3.05) is 35.2 Å². The van der Waals surface area contributed by atoms with E-state index < -0.39 is 6.10 Å². The lowest BCUT2D eigenvalue weighted by Gasteiger charge is -2.25. The van der Waals surface area contributed by atoms with E-state index in [1.54, 1.807) is 29.2 Å². The molecule has 2 saturated heterocycles. The number of hydrogen-bond donors (Lipinski definition) is 3. The lowest BCUT2D eigenvalue weighted by molar-refractivity contribution is -0.117. The molecule has 2 atom stereocenters. The van der Waals surface area contributed by atoms with Crippen LogP contribution in [0.3, 0.4) is 0 Å². The Kier molecular flexibility index (Phi) is 5.30. The summed E-state index contributed by atoms with van der Waals surface area (Å²) in [5, 5.41) is 13.0. The second kappa shape index (κ2) is 8.04. The van der Waals surface area contributed by atoms with Crippen molar-refractivity contribution in [3.05, 3.63) is 42.2 Å². The van der Waals surface area contributed by atoms with Gasteiger partial charge in [-0.05, 0) is 31.0 Å². The highest BCUT2D eigenvalue weighted by molar-refractivity contribution is 5.99. The molecular formula is C20H24N6O3. The first kappa shape index (κ1) is 19.1. The van der Waals surface area contributed by atoms with Gasteiger partial charge in [-0.1, -0.05) is 6.07 Å². The largest absolute Gasteiger partial charge is 0.391 e. The van der Waals surface area contributed by atoms with Gasteiger partial charge in [0.25, 0.3) is 5.91 Å². The number of carbonyl (C=O) groups excluding carboxylic acids is 2. The summed E-state index contributed by atoms with van der Waals surface area (Å²) in [6.07, 6.45) is 2.78. The maximum atomic E-state index is 12.7. The summed E-state index contributed by atoms with van der Waals surface area (Å²) >= 11 is 0. The van der Waals surface area contributed by atoms with Crippen LogP contribution >= 0.6 is 0 Å². The van der Waals surface area contributed by atoms with Crippen LogP contribution in [0.4, 0.5) is 17.3 Å². The van der Waals surface area contributed by atoms with Gasteiger partial charge in [0.15, 0.2) is 0 Å². The van der Waals surface area contributed by atoms with E-state index >= 15 is 0 Å². The van der Waals surface area contributed by atoms with Crippen LogP contribution in [0.25, 0.3) is 0 Å². The van der Waals surface area contributed by atoms with Crippen LogP contribution < -0.4 is 20.9 Å². The number of nitrogens with two attached hydrogens (primary N) is 1. The highest BCUT2D eigenvalue weighted by Gasteiger charge is 2.32. The van der Waals surface area contributed by atoms with E-state index in [4.69, 9.17) is 5.73 Å². The molecule has 9 heteroatoms. The zero-order valence-corrected chi connectivity index (χ0v) is 16.0. The molecule has 2 aliphatic rings. The number of anilines is 3. The van der Waals surface area contributed by atoms with Gasteiger partial charge in [-0.25, -0.2) is 9.97 Å². The third-order valence-electron chi connectivity index (χ3n) is 5.35. The SMILES string of the molecule is Nc1cc(N2C[C@H](O)C[C@@H]2CNC(=O)c2cccc(N3CCCC3=O)c2)ncn1. The fourth-order valence-corrected chi connectivity index (χ4v) is 3.93. The molecule has 2 amide bonds. The Morgan fingerprint density at radius 2 is 2.17 bits per heavy atom. The van der Waals surface area contributed by atoms with Gasteiger partial charge in [0.2, 0.25) is 5.91 Å². The molecule has 0 saturated carbocycles. The number of hydrogen-bond acceptors (Lipinski definition) is 7. The van der Waals surface area contributed by atoms with Crippen molar-refractivity contribution in [2.45, 2.75) is 31.4 Å². The average molecular weight is 396 g/mol. The van der Waals surface area contributed by atoms with E-state index in [0.29, 0.717) is 49.7 Å². The maximum absolute atomic E-state index is 12.7. The number of aliphatic hydroxyl groups excluding tert-OH is 1. The number of benzene rings is 1. The number of aromatic nitrogens is 2. The van der Waals surface area contributed by atoms with Gasteiger partial charge in [-0.15, -0.1) is 0 Å². The van der Waals surface area contributed by atoms with Crippen LogP contribution in [0.5, 0.6) is 0 Å². The van der Waals surface area contributed by atoms with E-state index in [2.05, 4.69) is 15.3 Å². The Labute approximate surface area is 168 Å². The Morgan fingerprint density at radius 3 is 2.93 bits per heavy atom. The molecule has 2 aromatic rings. The van der Waals surface area contributed by atoms with E-state index in [1.807, 2.05) is 11.0 Å². The predicted molar refractivity (Wildman–Crippen MR) is 109 cm³/mol. The van der Waals surface area contributed by atoms with Gasteiger partial charge in [-0.3, -0.25) is 9.59 Å². The minimum Gasteiger partial charge on any atom is -0.391 e. The molecule has 3 heterocycles. The van der Waals surface area contributed by atoms with E-state index in [1.165, 1.54) is 6.33 Å². The standard InChI is InChI=1S/C20H24N6O3/c21-17-9-18(24-12-23-17)26-11-16(27)8-15(26)10-22-20(29)13-3-1-4-14(7-13)25-6-2-5-19(25)28/h1,3-4,7,9,12,15-16,27H,2,5-6,8,10-11H2,(H,22,29)(H2,21,23,24)/t15-,16-/m1/s1. The average Bonchev–Trinajstić information content (AvgIpc) is 3.31. The summed E-state index contributed by atoms with van der Waals surface area (Å²) in [4.78, 5) is 36.4. The van der Waals surface area contributed by atoms with E-state index in [9.17, 15) is 14.7 Å². The van der Waals surface area contributed by atoms with Crippen LogP contribution in [0.2, 0.25) is 0 Å². The second-order valence-electron chi connectivity index (χ2n) is 7.41. The number of nitrogens with one attached hydrogen (secondary N) is 1. The zero-order chi connectivity index (χ0) is 20.4. The van der Waals surface area contributed by atoms with Gasteiger partial charge in [0.05, 0.1) is 12.1 Å². The molecule has 2 aliphatic heterocycles. The van der Waals surface area contributed by atoms with Gasteiger partial charge >= 0.3 is 0 Å². The van der Waals surface area contributed by atoms with Crippen molar-refractivity contribution in [1.29, 1.82) is 0 Å². The lowest BCUT2D eigenvalue weighted by atomic mass is 10.1. The third kappa shape index (κ3) is 4.14. The summed E-state index contributed by atoms with van der Waals surface area (Å²) in [5.74, 6) is 0.847. The van der Waals surface area contributed by atoms with Gasteiger partial charge in [0, 0.05) is 43.4 Å². The van der Waals surface area contributed by atoms with Crippen molar-refractivity contribution < 1.29 is 14.7 Å². The first-order valence-electron chi connectivity index (χ1n) is 9.72. The van der Waals surface area contributed by atoms with Gasteiger partial charge in [0.1, 0.15) is 18.0 Å². The van der Waals surface area contributed by atoms with E-state index in [0.717, 1.165) is 12.1 Å². The number of carbonyl (C=O) groups is 2. The molecule has 0 unspecified atom stereocenters. The van der Waals surface area contributed by atoms with Gasteiger partial charge < -0.3 is 26.0 Å². The fraction of sp³-hybridized carbons (Fsp3) is 0.400. The summed E-state index contributed by atoms with van der Waals surface area (Å²) in [6, 6.07) is 8.64. The van der Waals surface area contributed by atoms with Crippen LogP contribution in [0.15, 0.2) is 36.7 Å². The predicted octanol–water partition coefficient (Wildman–Crippen LogP) is 0.555. The molecule has 0 spiro atoms. The molecule has 0 aliphatic carbocycles. The number of aliphatic hydroxyl groups is 1. The monoisotopic (exact) mass is 396 g/mol. The summed E-state index contributed by atoms with van der Waals surface area (Å²) in [6.45, 7) is 1.46. The second-order valence-corrected chi connectivity index (χ2v) is 7.41. The van der Waals surface area contributed by atoms with Crippen LogP contribution in [0.1, 0.15) is 29.6 Å². The third-order valence-corrected chi connectivity index (χ3v) is 5.35. The summed E-state index contributed by atoms with van der Waals surface area (Å²) in [7, 11) is 0. The highest BCUT2D eigenvalue weighted by Crippen LogP contribution is 2.25. The topological polar surface area (TPSA) is 125 Å². The van der Waals surface area contributed by atoms with Crippen LogP contribution in [-0.2, 0) is 4.79 Å². The van der Waals surface area contributed by atoms with Crippen molar-refractivity contribution >= 4 is 29.1 Å². The molecule has 2 fully saturated rings. The van der Waals surface area contributed by atoms with Crippen molar-refractivity contribution in [2.24, 2.45) is 0 Å². The number of rotatable bonds is 5. The molecule has 1 aromatic carbocycles. The number of nitrogens with zero attached hydrogens (tertiary/aromatic N) is 4. The molecule has 0 bridgehead atoms. The first-order chi connectivity index (χ1) is 14.0. The van der Waals surface area contributed by atoms with Crippen LogP contribution in [-0.4, -0.2) is 58.7 Å². The number of amides is 2.